The van der Waals surface area contributed by atoms with Gasteiger partial charge in [0.25, 0.3) is 0 Å². The zero-order valence-electron chi connectivity index (χ0n) is 11.5. The molecular formula is C15H17ClN2O3. The second-order valence-corrected chi connectivity index (χ2v) is 6.32. The van der Waals surface area contributed by atoms with E-state index in [1.165, 1.54) is 12.8 Å². The highest BCUT2D eigenvalue weighted by molar-refractivity contribution is 6.34. The summed E-state index contributed by atoms with van der Waals surface area (Å²) < 4.78 is 10.6. The average molecular weight is 309 g/mol. The van der Waals surface area contributed by atoms with Crippen LogP contribution in [0, 0.1) is 11.8 Å². The van der Waals surface area contributed by atoms with E-state index in [9.17, 15) is 4.79 Å². The number of carbonyl (C=O) groups excluding carboxylic acids is 1. The summed E-state index contributed by atoms with van der Waals surface area (Å²) >= 11 is 6.20. The van der Waals surface area contributed by atoms with E-state index in [1.54, 1.807) is 12.1 Å². The molecule has 0 radical (unpaired) electrons. The number of benzene rings is 1. The van der Waals surface area contributed by atoms with Crippen molar-refractivity contribution in [2.45, 2.75) is 25.3 Å². The van der Waals surface area contributed by atoms with Crippen molar-refractivity contribution in [1.82, 2.24) is 5.32 Å². The molecule has 3 aliphatic rings. The number of carbonyl (C=O) groups is 1. The fourth-order valence-corrected chi connectivity index (χ4v) is 3.90. The van der Waals surface area contributed by atoms with E-state index < -0.39 is 0 Å². The Morgan fingerprint density at radius 1 is 1.29 bits per heavy atom. The van der Waals surface area contributed by atoms with Crippen molar-refractivity contribution < 1.29 is 14.3 Å². The van der Waals surface area contributed by atoms with E-state index in [1.807, 2.05) is 0 Å². The maximum absolute atomic E-state index is 12.5. The first-order valence-electron chi connectivity index (χ1n) is 7.36. The van der Waals surface area contributed by atoms with Gasteiger partial charge in [0.1, 0.15) is 0 Å². The maximum atomic E-state index is 12.5. The molecule has 5 nitrogen and oxygen atoms in total. The molecule has 2 heterocycles. The Morgan fingerprint density at radius 3 is 2.95 bits per heavy atom. The molecule has 3 atom stereocenters. The highest BCUT2D eigenvalue weighted by Gasteiger charge is 2.42. The summed E-state index contributed by atoms with van der Waals surface area (Å²) in [5.41, 5.74) is 0.578. The van der Waals surface area contributed by atoms with Crippen LogP contribution in [-0.4, -0.2) is 25.3 Å². The Bertz CT molecular complexity index is 593. The SMILES string of the molecule is O=C(Nc1cc2c(cc1Cl)OCO2)C1NCC2CCCC21. The number of anilines is 1. The van der Waals surface area contributed by atoms with Crippen LogP contribution in [0.5, 0.6) is 11.5 Å². The van der Waals surface area contributed by atoms with E-state index >= 15 is 0 Å². The minimum Gasteiger partial charge on any atom is -0.454 e. The van der Waals surface area contributed by atoms with Crippen molar-refractivity contribution >= 4 is 23.2 Å². The average Bonchev–Trinajstić information content (AvgIpc) is 3.13. The fraction of sp³-hybridized carbons (Fsp3) is 0.533. The van der Waals surface area contributed by atoms with Crippen molar-refractivity contribution in [3.05, 3.63) is 17.2 Å². The summed E-state index contributed by atoms with van der Waals surface area (Å²) in [5.74, 6) is 2.33. The maximum Gasteiger partial charge on any atom is 0.241 e. The van der Waals surface area contributed by atoms with Gasteiger partial charge in [0, 0.05) is 12.1 Å². The van der Waals surface area contributed by atoms with Crippen LogP contribution in [0.3, 0.4) is 0 Å². The molecule has 0 bridgehead atoms. The van der Waals surface area contributed by atoms with Crippen LogP contribution in [0.15, 0.2) is 12.1 Å². The lowest BCUT2D eigenvalue weighted by Gasteiger charge is -2.18. The van der Waals surface area contributed by atoms with Crippen LogP contribution in [0.1, 0.15) is 19.3 Å². The molecule has 1 aromatic rings. The second-order valence-electron chi connectivity index (χ2n) is 5.92. The Morgan fingerprint density at radius 2 is 2.10 bits per heavy atom. The van der Waals surface area contributed by atoms with E-state index in [0.717, 1.165) is 13.0 Å². The third-order valence-corrected chi connectivity index (χ3v) is 5.06. The molecule has 3 unspecified atom stereocenters. The molecule has 0 aromatic heterocycles. The zero-order chi connectivity index (χ0) is 14.4. The van der Waals surface area contributed by atoms with Gasteiger partial charge in [0.15, 0.2) is 11.5 Å². The fourth-order valence-electron chi connectivity index (χ4n) is 3.70. The van der Waals surface area contributed by atoms with Crippen LogP contribution in [-0.2, 0) is 4.79 Å². The van der Waals surface area contributed by atoms with E-state index in [4.69, 9.17) is 21.1 Å². The lowest BCUT2D eigenvalue weighted by atomic mass is 9.93. The molecule has 1 saturated carbocycles. The first-order valence-corrected chi connectivity index (χ1v) is 7.73. The Hall–Kier alpha value is -1.46. The van der Waals surface area contributed by atoms with Crippen molar-refractivity contribution in [2.75, 3.05) is 18.7 Å². The van der Waals surface area contributed by atoms with E-state index in [2.05, 4.69) is 10.6 Å². The lowest BCUT2D eigenvalue weighted by Crippen LogP contribution is -2.39. The number of halogens is 1. The molecule has 2 N–H and O–H groups in total. The summed E-state index contributed by atoms with van der Waals surface area (Å²) in [5, 5.41) is 6.73. The lowest BCUT2D eigenvalue weighted by molar-refractivity contribution is -0.118. The minimum absolute atomic E-state index is 0.00911. The normalized spacial score (nSPS) is 29.5. The molecule has 1 saturated heterocycles. The van der Waals surface area contributed by atoms with Gasteiger partial charge in [-0.3, -0.25) is 4.79 Å². The third-order valence-electron chi connectivity index (χ3n) is 4.75. The van der Waals surface area contributed by atoms with E-state index in [0.29, 0.717) is 34.0 Å². The van der Waals surface area contributed by atoms with Gasteiger partial charge < -0.3 is 20.1 Å². The van der Waals surface area contributed by atoms with Crippen molar-refractivity contribution in [3.8, 4) is 11.5 Å². The first kappa shape index (κ1) is 13.2. The van der Waals surface area contributed by atoms with Gasteiger partial charge >= 0.3 is 0 Å². The highest BCUT2D eigenvalue weighted by atomic mass is 35.5. The predicted molar refractivity (Wildman–Crippen MR) is 78.8 cm³/mol. The molecule has 112 valence electrons. The van der Waals surface area contributed by atoms with Crippen molar-refractivity contribution in [3.63, 3.8) is 0 Å². The van der Waals surface area contributed by atoms with Crippen LogP contribution in [0.4, 0.5) is 5.69 Å². The van der Waals surface area contributed by atoms with Gasteiger partial charge in [-0.2, -0.15) is 0 Å². The van der Waals surface area contributed by atoms with Gasteiger partial charge in [-0.25, -0.2) is 0 Å². The Balaban J connectivity index is 1.52. The molecule has 1 aliphatic carbocycles. The van der Waals surface area contributed by atoms with Gasteiger partial charge in [0.05, 0.1) is 16.8 Å². The van der Waals surface area contributed by atoms with Crippen LogP contribution in [0.25, 0.3) is 0 Å². The van der Waals surface area contributed by atoms with Crippen LogP contribution < -0.4 is 20.1 Å². The summed E-state index contributed by atoms with van der Waals surface area (Å²) in [6.07, 6.45) is 3.59. The summed E-state index contributed by atoms with van der Waals surface area (Å²) in [7, 11) is 0. The first-order chi connectivity index (χ1) is 10.2. The largest absolute Gasteiger partial charge is 0.454 e. The highest BCUT2D eigenvalue weighted by Crippen LogP contribution is 2.41. The topological polar surface area (TPSA) is 59.6 Å². The molecule has 6 heteroatoms. The molecule has 0 spiro atoms. The standard InChI is InChI=1S/C15H17ClN2O3/c16-10-4-12-13(21-7-20-12)5-11(10)18-15(19)14-9-3-1-2-8(9)6-17-14/h4-5,8-9,14,17H,1-3,6-7H2,(H,18,19). The number of rotatable bonds is 2. The van der Waals surface area contributed by atoms with Crippen molar-refractivity contribution in [2.24, 2.45) is 11.8 Å². The number of hydrogen-bond donors (Lipinski definition) is 2. The number of fused-ring (bicyclic) bond motifs is 2. The molecule has 1 aromatic carbocycles. The molecular weight excluding hydrogens is 292 g/mol. The quantitative estimate of drug-likeness (QED) is 0.881. The molecule has 2 aliphatic heterocycles. The third kappa shape index (κ3) is 2.24. The molecule has 4 rings (SSSR count). The van der Waals surface area contributed by atoms with E-state index in [-0.39, 0.29) is 18.7 Å². The van der Waals surface area contributed by atoms with Crippen molar-refractivity contribution in [1.29, 1.82) is 0 Å². The number of nitrogens with one attached hydrogen (secondary N) is 2. The Labute approximate surface area is 127 Å². The molecule has 21 heavy (non-hydrogen) atoms. The second kappa shape index (κ2) is 5.07. The summed E-state index contributed by atoms with van der Waals surface area (Å²) in [6, 6.07) is 3.29. The smallest absolute Gasteiger partial charge is 0.241 e. The molecule has 2 fully saturated rings. The van der Waals surface area contributed by atoms with Crippen LogP contribution >= 0.6 is 11.6 Å². The number of amides is 1. The van der Waals surface area contributed by atoms with Gasteiger partial charge in [0.2, 0.25) is 12.7 Å². The summed E-state index contributed by atoms with van der Waals surface area (Å²) in [6.45, 7) is 1.13. The number of hydrogen-bond acceptors (Lipinski definition) is 4. The van der Waals surface area contributed by atoms with Crippen LogP contribution in [0.2, 0.25) is 5.02 Å². The predicted octanol–water partition coefficient (Wildman–Crippen LogP) is 2.40. The molecule has 1 amide bonds. The minimum atomic E-state index is -0.112. The number of ether oxygens (including phenoxy) is 2. The van der Waals surface area contributed by atoms with Gasteiger partial charge in [-0.1, -0.05) is 18.0 Å². The Kier molecular flexibility index (Phi) is 3.19. The zero-order valence-corrected chi connectivity index (χ0v) is 12.3. The monoisotopic (exact) mass is 308 g/mol. The summed E-state index contributed by atoms with van der Waals surface area (Å²) in [4.78, 5) is 12.5. The van der Waals surface area contributed by atoms with Gasteiger partial charge in [-0.05, 0) is 31.2 Å². The van der Waals surface area contributed by atoms with Gasteiger partial charge in [-0.15, -0.1) is 0 Å².